The Balaban J connectivity index is 2.88. The number of hydrogen-bond acceptors (Lipinski definition) is 4. The lowest BCUT2D eigenvalue weighted by Gasteiger charge is -1.99. The van der Waals surface area contributed by atoms with Gasteiger partial charge in [-0.3, -0.25) is 0 Å². The van der Waals surface area contributed by atoms with Crippen molar-refractivity contribution in [1.29, 1.82) is 0 Å². The molecule has 0 aliphatic rings. The van der Waals surface area contributed by atoms with Crippen LogP contribution in [-0.4, -0.2) is 17.6 Å². The Hall–Kier alpha value is -0.970. The molecule has 0 spiro atoms. The molecule has 0 radical (unpaired) electrons. The van der Waals surface area contributed by atoms with E-state index in [0.29, 0.717) is 23.6 Å². The maximum absolute atomic E-state index is 12.8. The first-order chi connectivity index (χ1) is 6.69. The molecule has 5 heteroatoms. The van der Waals surface area contributed by atoms with E-state index in [4.69, 9.17) is 4.74 Å². The van der Waals surface area contributed by atoms with Crippen LogP contribution < -0.4 is 0 Å². The SMILES string of the molecule is CCCc1nc(F)sc1C(=O)OCC. The number of carbonyl (C=O) groups excluding carboxylic acids is 1. The Bertz CT molecular complexity index is 325. The Morgan fingerprint density at radius 3 is 2.86 bits per heavy atom. The van der Waals surface area contributed by atoms with E-state index in [1.807, 2.05) is 6.92 Å². The first-order valence-electron chi connectivity index (χ1n) is 4.51. The fourth-order valence-electron chi connectivity index (χ4n) is 1.09. The molecule has 0 saturated carbocycles. The topological polar surface area (TPSA) is 39.2 Å². The molecule has 0 aliphatic heterocycles. The second-order valence-electron chi connectivity index (χ2n) is 2.71. The number of ether oxygens (including phenoxy) is 1. The molecule has 1 aromatic heterocycles. The van der Waals surface area contributed by atoms with Gasteiger partial charge in [-0.15, -0.1) is 0 Å². The van der Waals surface area contributed by atoms with E-state index in [2.05, 4.69) is 4.98 Å². The fraction of sp³-hybridized carbons (Fsp3) is 0.556. The fourth-order valence-corrected chi connectivity index (χ4v) is 1.82. The second kappa shape index (κ2) is 5.05. The van der Waals surface area contributed by atoms with Crippen LogP contribution in [0.15, 0.2) is 0 Å². The third kappa shape index (κ3) is 2.51. The van der Waals surface area contributed by atoms with Gasteiger partial charge >= 0.3 is 5.97 Å². The van der Waals surface area contributed by atoms with E-state index in [0.717, 1.165) is 17.8 Å². The average molecular weight is 217 g/mol. The lowest BCUT2D eigenvalue weighted by atomic mass is 10.2. The molecule has 0 unspecified atom stereocenters. The molecular formula is C9H12FNO2S. The predicted octanol–water partition coefficient (Wildman–Crippen LogP) is 2.41. The Labute approximate surface area is 85.9 Å². The van der Waals surface area contributed by atoms with Crippen molar-refractivity contribution < 1.29 is 13.9 Å². The zero-order valence-electron chi connectivity index (χ0n) is 8.17. The van der Waals surface area contributed by atoms with E-state index in [9.17, 15) is 9.18 Å². The first kappa shape index (κ1) is 11.1. The number of rotatable bonds is 4. The van der Waals surface area contributed by atoms with Gasteiger partial charge < -0.3 is 4.74 Å². The number of aryl methyl sites for hydroxylation is 1. The van der Waals surface area contributed by atoms with Gasteiger partial charge in [0, 0.05) is 0 Å². The molecule has 1 heterocycles. The summed E-state index contributed by atoms with van der Waals surface area (Å²) in [7, 11) is 0. The standard InChI is InChI=1S/C9H12FNO2S/c1-3-5-6-7(8(12)13-4-2)14-9(10)11-6/h3-5H2,1-2H3. The van der Waals surface area contributed by atoms with Crippen molar-refractivity contribution in [2.24, 2.45) is 0 Å². The highest BCUT2D eigenvalue weighted by atomic mass is 32.1. The van der Waals surface area contributed by atoms with Gasteiger partial charge in [0.1, 0.15) is 4.88 Å². The van der Waals surface area contributed by atoms with Crippen LogP contribution in [0.4, 0.5) is 4.39 Å². The highest BCUT2D eigenvalue weighted by molar-refractivity contribution is 7.12. The van der Waals surface area contributed by atoms with Gasteiger partial charge in [0.25, 0.3) is 5.26 Å². The van der Waals surface area contributed by atoms with Crippen LogP contribution in [0.2, 0.25) is 0 Å². The minimum Gasteiger partial charge on any atom is -0.462 e. The maximum atomic E-state index is 12.8. The average Bonchev–Trinajstić information content (AvgIpc) is 2.48. The van der Waals surface area contributed by atoms with Crippen LogP contribution in [-0.2, 0) is 11.2 Å². The van der Waals surface area contributed by atoms with Gasteiger partial charge in [0.2, 0.25) is 0 Å². The number of esters is 1. The summed E-state index contributed by atoms with van der Waals surface area (Å²) in [6, 6.07) is 0. The number of nitrogens with zero attached hydrogens (tertiary/aromatic N) is 1. The molecule has 0 N–H and O–H groups in total. The minimum absolute atomic E-state index is 0.296. The highest BCUT2D eigenvalue weighted by Gasteiger charge is 2.18. The lowest BCUT2D eigenvalue weighted by Crippen LogP contribution is -2.05. The molecular weight excluding hydrogens is 205 g/mol. The number of aromatic nitrogens is 1. The molecule has 0 aromatic carbocycles. The van der Waals surface area contributed by atoms with Crippen molar-refractivity contribution >= 4 is 17.3 Å². The van der Waals surface area contributed by atoms with Gasteiger partial charge in [0.05, 0.1) is 12.3 Å². The molecule has 1 aromatic rings. The Morgan fingerprint density at radius 2 is 2.29 bits per heavy atom. The molecule has 0 saturated heterocycles. The third-order valence-corrected chi connectivity index (χ3v) is 2.49. The number of halogens is 1. The maximum Gasteiger partial charge on any atom is 0.350 e. The zero-order valence-corrected chi connectivity index (χ0v) is 8.99. The first-order valence-corrected chi connectivity index (χ1v) is 5.33. The van der Waals surface area contributed by atoms with Crippen molar-refractivity contribution in [2.75, 3.05) is 6.61 Å². The summed E-state index contributed by atoms with van der Waals surface area (Å²) < 4.78 is 17.6. The summed E-state index contributed by atoms with van der Waals surface area (Å²) in [6.07, 6.45) is 1.43. The smallest absolute Gasteiger partial charge is 0.350 e. The summed E-state index contributed by atoms with van der Waals surface area (Å²) in [5, 5.41) is -0.573. The molecule has 0 atom stereocenters. The predicted molar refractivity (Wildman–Crippen MR) is 52.0 cm³/mol. The number of thiazole rings is 1. The van der Waals surface area contributed by atoms with Crippen molar-refractivity contribution in [1.82, 2.24) is 4.98 Å². The molecule has 0 aliphatic carbocycles. The van der Waals surface area contributed by atoms with E-state index in [-0.39, 0.29) is 0 Å². The van der Waals surface area contributed by atoms with Crippen molar-refractivity contribution in [3.05, 3.63) is 15.8 Å². The van der Waals surface area contributed by atoms with Crippen LogP contribution >= 0.6 is 11.3 Å². The Kier molecular flexibility index (Phi) is 4.00. The summed E-state index contributed by atoms with van der Waals surface area (Å²) in [5.74, 6) is -0.475. The summed E-state index contributed by atoms with van der Waals surface area (Å²) in [4.78, 5) is 15.3. The minimum atomic E-state index is -0.573. The molecule has 0 bridgehead atoms. The lowest BCUT2D eigenvalue weighted by molar-refractivity contribution is 0.0530. The van der Waals surface area contributed by atoms with E-state index in [1.54, 1.807) is 6.92 Å². The summed E-state index contributed by atoms with van der Waals surface area (Å²) >= 11 is 0.750. The molecule has 1 rings (SSSR count). The van der Waals surface area contributed by atoms with E-state index >= 15 is 0 Å². The van der Waals surface area contributed by atoms with Crippen molar-refractivity contribution in [3.63, 3.8) is 0 Å². The largest absolute Gasteiger partial charge is 0.462 e. The van der Waals surface area contributed by atoms with Crippen molar-refractivity contribution in [2.45, 2.75) is 26.7 Å². The quantitative estimate of drug-likeness (QED) is 0.727. The monoisotopic (exact) mass is 217 g/mol. The number of hydrogen-bond donors (Lipinski definition) is 0. The van der Waals surface area contributed by atoms with Crippen LogP contribution in [0.1, 0.15) is 35.6 Å². The molecule has 78 valence electrons. The van der Waals surface area contributed by atoms with Gasteiger partial charge in [-0.05, 0) is 13.3 Å². The van der Waals surface area contributed by atoms with Crippen LogP contribution in [0.5, 0.6) is 0 Å². The van der Waals surface area contributed by atoms with Crippen molar-refractivity contribution in [3.8, 4) is 0 Å². The second-order valence-corrected chi connectivity index (χ2v) is 3.66. The van der Waals surface area contributed by atoms with Gasteiger partial charge in [0.15, 0.2) is 0 Å². The molecule has 14 heavy (non-hydrogen) atoms. The number of carbonyl (C=O) groups is 1. The van der Waals surface area contributed by atoms with E-state index in [1.165, 1.54) is 0 Å². The zero-order chi connectivity index (χ0) is 10.6. The molecule has 3 nitrogen and oxygen atoms in total. The van der Waals surface area contributed by atoms with Crippen LogP contribution in [0.3, 0.4) is 0 Å². The van der Waals surface area contributed by atoms with Gasteiger partial charge in [-0.1, -0.05) is 24.7 Å². The van der Waals surface area contributed by atoms with Gasteiger partial charge in [-0.2, -0.15) is 4.39 Å². The Morgan fingerprint density at radius 1 is 1.57 bits per heavy atom. The van der Waals surface area contributed by atoms with Crippen LogP contribution in [0, 0.1) is 5.26 Å². The van der Waals surface area contributed by atoms with E-state index < -0.39 is 11.2 Å². The normalized spacial score (nSPS) is 10.2. The molecule has 0 amide bonds. The molecule has 0 fully saturated rings. The third-order valence-electron chi connectivity index (χ3n) is 1.62. The van der Waals surface area contributed by atoms with Gasteiger partial charge in [-0.25, -0.2) is 9.78 Å². The van der Waals surface area contributed by atoms with Crippen LogP contribution in [0.25, 0.3) is 0 Å². The summed E-state index contributed by atoms with van der Waals surface area (Å²) in [6.45, 7) is 3.96. The summed E-state index contributed by atoms with van der Waals surface area (Å²) in [5.41, 5.74) is 0.508. The highest BCUT2D eigenvalue weighted by Crippen LogP contribution is 2.19.